The van der Waals surface area contributed by atoms with Gasteiger partial charge in [0.25, 0.3) is 0 Å². The van der Waals surface area contributed by atoms with Crippen molar-refractivity contribution in [3.05, 3.63) is 23.5 Å². The van der Waals surface area contributed by atoms with E-state index in [4.69, 9.17) is 10.5 Å². The Morgan fingerprint density at radius 3 is 2.93 bits per heavy atom. The van der Waals surface area contributed by atoms with Crippen molar-refractivity contribution in [1.29, 1.82) is 0 Å². The molecule has 1 aliphatic carbocycles. The van der Waals surface area contributed by atoms with E-state index in [0.717, 1.165) is 38.1 Å². The fraction of sp³-hybridized carbons (Fsp3) is 0.636. The molecule has 0 aromatic rings. The Morgan fingerprint density at radius 1 is 1.43 bits per heavy atom. The maximum Gasteiger partial charge on any atom is 0.0637 e. The Kier molecular flexibility index (Phi) is 4.53. The van der Waals surface area contributed by atoms with E-state index in [1.54, 1.807) is 7.11 Å². The van der Waals surface area contributed by atoms with E-state index in [9.17, 15) is 0 Å². The van der Waals surface area contributed by atoms with Crippen LogP contribution in [-0.4, -0.2) is 32.2 Å². The number of allylic oxidation sites excluding steroid dienone is 4. The van der Waals surface area contributed by atoms with Crippen molar-refractivity contribution in [2.24, 2.45) is 5.73 Å². The zero-order valence-electron chi connectivity index (χ0n) is 9.12. The van der Waals surface area contributed by atoms with Crippen LogP contribution in [0.4, 0.5) is 0 Å². The van der Waals surface area contributed by atoms with Crippen LogP contribution in [0.2, 0.25) is 0 Å². The molecule has 2 N–H and O–H groups in total. The first-order valence-corrected chi connectivity index (χ1v) is 5.07. The number of ether oxygens (including phenoxy) is 1. The van der Waals surface area contributed by atoms with Crippen LogP contribution >= 0.6 is 0 Å². The highest BCUT2D eigenvalue weighted by Gasteiger charge is 2.06. The molecule has 0 aromatic heterocycles. The lowest BCUT2D eigenvalue weighted by Gasteiger charge is -2.21. The van der Waals surface area contributed by atoms with Crippen LogP contribution in [0, 0.1) is 0 Å². The largest absolute Gasteiger partial charge is 0.402 e. The van der Waals surface area contributed by atoms with Gasteiger partial charge < -0.3 is 15.4 Å². The second-order valence-electron chi connectivity index (χ2n) is 3.62. The van der Waals surface area contributed by atoms with E-state index in [0.29, 0.717) is 0 Å². The van der Waals surface area contributed by atoms with E-state index in [1.165, 1.54) is 5.70 Å². The van der Waals surface area contributed by atoms with Gasteiger partial charge in [0.05, 0.1) is 6.61 Å². The summed E-state index contributed by atoms with van der Waals surface area (Å²) in [6, 6.07) is 0. The number of methoxy groups -OCH3 is 1. The van der Waals surface area contributed by atoms with Gasteiger partial charge in [-0.25, -0.2) is 0 Å². The second-order valence-corrected chi connectivity index (χ2v) is 3.62. The maximum absolute atomic E-state index is 5.78. The van der Waals surface area contributed by atoms with Gasteiger partial charge in [0.1, 0.15) is 0 Å². The summed E-state index contributed by atoms with van der Waals surface area (Å²) >= 11 is 0. The maximum atomic E-state index is 5.78. The van der Waals surface area contributed by atoms with Gasteiger partial charge in [-0.1, -0.05) is 12.2 Å². The van der Waals surface area contributed by atoms with Crippen LogP contribution in [0.3, 0.4) is 0 Å². The summed E-state index contributed by atoms with van der Waals surface area (Å²) in [4.78, 5) is 2.25. The number of hydrogen-bond donors (Lipinski definition) is 1. The molecule has 0 saturated heterocycles. The zero-order chi connectivity index (χ0) is 10.4. The lowest BCUT2D eigenvalue weighted by molar-refractivity contribution is 0.172. The van der Waals surface area contributed by atoms with Gasteiger partial charge in [-0.2, -0.15) is 0 Å². The molecule has 3 nitrogen and oxygen atoms in total. The van der Waals surface area contributed by atoms with Crippen molar-refractivity contribution in [3.63, 3.8) is 0 Å². The highest BCUT2D eigenvalue weighted by Crippen LogP contribution is 2.17. The van der Waals surface area contributed by atoms with Crippen LogP contribution < -0.4 is 5.73 Å². The first-order chi connectivity index (χ1) is 6.74. The van der Waals surface area contributed by atoms with E-state index < -0.39 is 0 Å². The minimum atomic E-state index is 0.775. The first-order valence-electron chi connectivity index (χ1n) is 5.07. The van der Waals surface area contributed by atoms with Crippen LogP contribution in [0.25, 0.3) is 0 Å². The third-order valence-electron chi connectivity index (χ3n) is 2.52. The number of nitrogens with zero attached hydrogens (tertiary/aromatic N) is 1. The molecule has 0 unspecified atom stereocenters. The van der Waals surface area contributed by atoms with Crippen molar-refractivity contribution in [1.82, 2.24) is 4.90 Å². The fourth-order valence-electron chi connectivity index (χ4n) is 1.54. The Morgan fingerprint density at radius 2 is 2.21 bits per heavy atom. The molecule has 0 aromatic carbocycles. The molecule has 0 atom stereocenters. The van der Waals surface area contributed by atoms with Crippen LogP contribution in [0.15, 0.2) is 23.5 Å². The molecule has 1 aliphatic rings. The zero-order valence-corrected chi connectivity index (χ0v) is 9.12. The number of hydrogen-bond acceptors (Lipinski definition) is 3. The minimum absolute atomic E-state index is 0.775. The third kappa shape index (κ3) is 3.42. The molecule has 1 rings (SSSR count). The van der Waals surface area contributed by atoms with Crippen molar-refractivity contribution < 1.29 is 4.74 Å². The highest BCUT2D eigenvalue weighted by molar-refractivity contribution is 5.13. The quantitative estimate of drug-likeness (QED) is 0.740. The van der Waals surface area contributed by atoms with Crippen molar-refractivity contribution in [2.45, 2.75) is 19.3 Å². The van der Waals surface area contributed by atoms with Gasteiger partial charge in [0.15, 0.2) is 0 Å². The van der Waals surface area contributed by atoms with Gasteiger partial charge in [-0.15, -0.1) is 0 Å². The molecule has 0 fully saturated rings. The summed E-state index contributed by atoms with van der Waals surface area (Å²) in [5, 5.41) is 0. The van der Waals surface area contributed by atoms with Crippen LogP contribution in [0.1, 0.15) is 19.3 Å². The number of nitrogens with two attached hydrogens (primary N) is 1. The Hall–Kier alpha value is -0.960. The van der Waals surface area contributed by atoms with E-state index >= 15 is 0 Å². The summed E-state index contributed by atoms with van der Waals surface area (Å²) in [6.07, 6.45) is 7.32. The molecule has 0 aliphatic heterocycles. The molecular formula is C11H20N2O. The molecular weight excluding hydrogens is 176 g/mol. The lowest BCUT2D eigenvalue weighted by atomic mass is 10.2. The van der Waals surface area contributed by atoms with Crippen molar-refractivity contribution in [2.75, 3.05) is 27.3 Å². The third-order valence-corrected chi connectivity index (χ3v) is 2.52. The molecule has 0 saturated carbocycles. The summed E-state index contributed by atoms with van der Waals surface area (Å²) in [7, 11) is 3.83. The predicted octanol–water partition coefficient (Wildman–Crippen LogP) is 1.48. The summed E-state index contributed by atoms with van der Waals surface area (Å²) in [6.45, 7) is 1.72. The average Bonchev–Trinajstić information content (AvgIpc) is 2.39. The molecule has 3 heteroatoms. The fourth-order valence-corrected chi connectivity index (χ4v) is 1.54. The van der Waals surface area contributed by atoms with Gasteiger partial charge in [0, 0.05) is 32.1 Å². The standard InChI is InChI=1S/C11H20N2O/c1-13(8-9-14-2)11-5-3-4-10(12)6-7-11/h4-5H,3,6-9,12H2,1-2H3. The number of rotatable bonds is 4. The summed E-state index contributed by atoms with van der Waals surface area (Å²) in [5.74, 6) is 0. The molecule has 0 bridgehead atoms. The molecule has 0 radical (unpaired) electrons. The number of likely N-dealkylation sites (N-methyl/N-ethyl adjacent to an activating group) is 1. The molecule has 80 valence electrons. The average molecular weight is 196 g/mol. The Labute approximate surface area is 86.2 Å². The topological polar surface area (TPSA) is 38.5 Å². The Balaban J connectivity index is 2.41. The Bertz CT molecular complexity index is 233. The molecule has 0 heterocycles. The predicted molar refractivity (Wildman–Crippen MR) is 58.7 cm³/mol. The summed E-state index contributed by atoms with van der Waals surface area (Å²) < 4.78 is 5.05. The SMILES string of the molecule is COCCN(C)C1=CCC=C(N)CC1. The van der Waals surface area contributed by atoms with Crippen LogP contribution in [-0.2, 0) is 4.74 Å². The lowest BCUT2D eigenvalue weighted by Crippen LogP contribution is -2.22. The van der Waals surface area contributed by atoms with E-state index in [2.05, 4.69) is 24.1 Å². The van der Waals surface area contributed by atoms with Crippen molar-refractivity contribution in [3.8, 4) is 0 Å². The van der Waals surface area contributed by atoms with Crippen LogP contribution in [0.5, 0.6) is 0 Å². The summed E-state index contributed by atoms with van der Waals surface area (Å²) in [5.41, 5.74) is 8.17. The van der Waals surface area contributed by atoms with Gasteiger partial charge >= 0.3 is 0 Å². The van der Waals surface area contributed by atoms with Gasteiger partial charge in [-0.3, -0.25) is 0 Å². The van der Waals surface area contributed by atoms with E-state index in [1.807, 2.05) is 0 Å². The molecule has 0 spiro atoms. The minimum Gasteiger partial charge on any atom is -0.402 e. The first kappa shape index (κ1) is 11.1. The smallest absolute Gasteiger partial charge is 0.0637 e. The van der Waals surface area contributed by atoms with Gasteiger partial charge in [-0.05, 0) is 19.3 Å². The highest BCUT2D eigenvalue weighted by atomic mass is 16.5. The monoisotopic (exact) mass is 196 g/mol. The van der Waals surface area contributed by atoms with Crippen molar-refractivity contribution >= 4 is 0 Å². The molecule has 14 heavy (non-hydrogen) atoms. The normalized spacial score (nSPS) is 17.0. The van der Waals surface area contributed by atoms with E-state index in [-0.39, 0.29) is 0 Å². The molecule has 0 amide bonds. The van der Waals surface area contributed by atoms with Gasteiger partial charge in [0.2, 0.25) is 0 Å². The second kappa shape index (κ2) is 5.70.